The quantitative estimate of drug-likeness (QED) is 0.935. The van der Waals surface area contributed by atoms with Gasteiger partial charge >= 0.3 is 0 Å². The van der Waals surface area contributed by atoms with Gasteiger partial charge in [-0.15, -0.1) is 5.10 Å². The highest BCUT2D eigenvalue weighted by atomic mass is 79.9. The monoisotopic (exact) mass is 295 g/mol. The van der Waals surface area contributed by atoms with Gasteiger partial charge in [0.2, 0.25) is 0 Å². The number of hydrogen-bond acceptors (Lipinski definition) is 4. The molecule has 0 saturated heterocycles. The summed E-state index contributed by atoms with van der Waals surface area (Å²) in [6.45, 7) is 2.90. The Kier molecular flexibility index (Phi) is 3.86. The Morgan fingerprint density at radius 2 is 2.35 bits per heavy atom. The van der Waals surface area contributed by atoms with Crippen LogP contribution in [0.4, 0.5) is 0 Å². The van der Waals surface area contributed by atoms with E-state index in [0.717, 1.165) is 28.8 Å². The molecule has 6 heteroatoms. The molecular formula is C11H14BrN5. The number of rotatable bonds is 4. The summed E-state index contributed by atoms with van der Waals surface area (Å²) in [5, 5.41) is 7.93. The Balaban J connectivity index is 2.34. The second-order valence-electron chi connectivity index (χ2n) is 3.73. The van der Waals surface area contributed by atoms with Gasteiger partial charge in [-0.05, 0) is 34.5 Å². The molecule has 1 unspecified atom stereocenters. The molecule has 2 heterocycles. The van der Waals surface area contributed by atoms with Crippen molar-refractivity contribution in [2.45, 2.75) is 25.9 Å². The van der Waals surface area contributed by atoms with Crippen LogP contribution in [0.2, 0.25) is 0 Å². The Labute approximate surface area is 108 Å². The van der Waals surface area contributed by atoms with Crippen LogP contribution in [0.15, 0.2) is 29.0 Å². The molecule has 0 amide bonds. The van der Waals surface area contributed by atoms with Gasteiger partial charge in [0.25, 0.3) is 0 Å². The highest BCUT2D eigenvalue weighted by molar-refractivity contribution is 9.10. The van der Waals surface area contributed by atoms with Crippen LogP contribution in [0.25, 0.3) is 0 Å². The first-order chi connectivity index (χ1) is 8.24. The molecule has 0 aliphatic carbocycles. The molecule has 0 spiro atoms. The first kappa shape index (κ1) is 12.2. The molecule has 0 aliphatic heterocycles. The van der Waals surface area contributed by atoms with E-state index in [1.54, 1.807) is 12.4 Å². The average Bonchev–Trinajstić information content (AvgIpc) is 2.78. The van der Waals surface area contributed by atoms with E-state index in [-0.39, 0.29) is 6.04 Å². The van der Waals surface area contributed by atoms with E-state index < -0.39 is 0 Å². The number of aryl methyl sites for hydroxylation is 1. The fourth-order valence-electron chi connectivity index (χ4n) is 1.66. The van der Waals surface area contributed by atoms with Crippen LogP contribution in [0.5, 0.6) is 0 Å². The molecule has 0 fully saturated rings. The zero-order valence-electron chi connectivity index (χ0n) is 9.55. The van der Waals surface area contributed by atoms with Crippen LogP contribution in [0.1, 0.15) is 30.8 Å². The topological polar surface area (TPSA) is 69.6 Å². The molecule has 0 aliphatic rings. The third-order valence-electron chi connectivity index (χ3n) is 2.48. The van der Waals surface area contributed by atoms with E-state index in [1.807, 2.05) is 16.8 Å². The van der Waals surface area contributed by atoms with Crippen molar-refractivity contribution in [2.75, 3.05) is 0 Å². The number of nitrogens with zero attached hydrogens (tertiary/aromatic N) is 4. The predicted octanol–water partition coefficient (Wildman–Crippen LogP) is 1.89. The van der Waals surface area contributed by atoms with Gasteiger partial charge in [-0.3, -0.25) is 4.98 Å². The Hall–Kier alpha value is -1.27. The number of hydrogen-bond donors (Lipinski definition) is 1. The van der Waals surface area contributed by atoms with Gasteiger partial charge in [0.05, 0.1) is 23.6 Å². The maximum atomic E-state index is 6.20. The van der Waals surface area contributed by atoms with Crippen LogP contribution < -0.4 is 5.73 Å². The summed E-state index contributed by atoms with van der Waals surface area (Å²) in [5.74, 6) is 0. The first-order valence-electron chi connectivity index (χ1n) is 5.48. The van der Waals surface area contributed by atoms with Gasteiger partial charge in [0, 0.05) is 17.2 Å². The summed E-state index contributed by atoms with van der Waals surface area (Å²) in [6.07, 6.45) is 4.42. The van der Waals surface area contributed by atoms with E-state index in [4.69, 9.17) is 5.73 Å². The molecule has 2 rings (SSSR count). The van der Waals surface area contributed by atoms with Gasteiger partial charge in [0.15, 0.2) is 0 Å². The van der Waals surface area contributed by atoms with Crippen molar-refractivity contribution < 1.29 is 0 Å². The van der Waals surface area contributed by atoms with E-state index in [9.17, 15) is 0 Å². The molecule has 0 bridgehead atoms. The lowest BCUT2D eigenvalue weighted by atomic mass is 10.1. The van der Waals surface area contributed by atoms with E-state index in [2.05, 4.69) is 38.1 Å². The molecule has 2 aromatic rings. The van der Waals surface area contributed by atoms with Crippen LogP contribution in [0, 0.1) is 0 Å². The minimum Gasteiger partial charge on any atom is -0.318 e. The fourth-order valence-corrected chi connectivity index (χ4v) is 2.16. The molecule has 2 aromatic heterocycles. The summed E-state index contributed by atoms with van der Waals surface area (Å²) in [6, 6.07) is 3.48. The summed E-state index contributed by atoms with van der Waals surface area (Å²) >= 11 is 3.45. The summed E-state index contributed by atoms with van der Waals surface area (Å²) < 4.78 is 2.72. The molecule has 0 aromatic carbocycles. The Bertz CT molecular complexity index is 496. The largest absolute Gasteiger partial charge is 0.318 e. The molecule has 90 valence electrons. The average molecular weight is 296 g/mol. The first-order valence-corrected chi connectivity index (χ1v) is 6.27. The van der Waals surface area contributed by atoms with Crippen molar-refractivity contribution in [3.8, 4) is 0 Å². The van der Waals surface area contributed by atoms with E-state index in [0.29, 0.717) is 0 Å². The van der Waals surface area contributed by atoms with E-state index >= 15 is 0 Å². The summed E-state index contributed by atoms with van der Waals surface area (Å²) in [5.41, 5.74) is 7.88. The second kappa shape index (κ2) is 5.37. The zero-order valence-corrected chi connectivity index (χ0v) is 11.1. The lowest BCUT2D eigenvalue weighted by molar-refractivity contribution is 0.541. The van der Waals surface area contributed by atoms with Crippen molar-refractivity contribution in [1.82, 2.24) is 20.0 Å². The zero-order chi connectivity index (χ0) is 12.3. The van der Waals surface area contributed by atoms with Crippen LogP contribution in [0.3, 0.4) is 0 Å². The number of pyridine rings is 1. The smallest absolute Gasteiger partial charge is 0.0925 e. The number of nitrogens with two attached hydrogens (primary N) is 1. The third-order valence-corrected chi connectivity index (χ3v) is 3.15. The fraction of sp³-hybridized carbons (Fsp3) is 0.364. The Morgan fingerprint density at radius 1 is 1.53 bits per heavy atom. The van der Waals surface area contributed by atoms with Crippen LogP contribution in [-0.4, -0.2) is 20.0 Å². The van der Waals surface area contributed by atoms with Gasteiger partial charge in [-0.2, -0.15) is 0 Å². The van der Waals surface area contributed by atoms with Crippen LogP contribution >= 0.6 is 15.9 Å². The summed E-state index contributed by atoms with van der Waals surface area (Å²) in [7, 11) is 0. The Morgan fingerprint density at radius 3 is 3.06 bits per heavy atom. The number of halogens is 1. The molecule has 0 radical (unpaired) electrons. The maximum absolute atomic E-state index is 6.20. The van der Waals surface area contributed by atoms with Crippen molar-refractivity contribution >= 4 is 15.9 Å². The van der Waals surface area contributed by atoms with Gasteiger partial charge in [0.1, 0.15) is 0 Å². The molecule has 2 N–H and O–H groups in total. The normalized spacial score (nSPS) is 12.6. The molecule has 0 saturated carbocycles. The van der Waals surface area contributed by atoms with Crippen molar-refractivity contribution in [1.29, 1.82) is 0 Å². The van der Waals surface area contributed by atoms with Crippen molar-refractivity contribution in [3.63, 3.8) is 0 Å². The molecule has 5 nitrogen and oxygen atoms in total. The van der Waals surface area contributed by atoms with Crippen LogP contribution in [-0.2, 0) is 6.54 Å². The SMILES string of the molecule is CCCn1nncc1C(N)c1ncccc1Br. The highest BCUT2D eigenvalue weighted by Gasteiger charge is 2.18. The summed E-state index contributed by atoms with van der Waals surface area (Å²) in [4.78, 5) is 4.29. The standard InChI is InChI=1S/C11H14BrN5/c1-2-6-17-9(7-15-16-17)10(13)11-8(12)4-3-5-14-11/h3-5,7,10H,2,6,13H2,1H3. The minimum atomic E-state index is -0.313. The lowest BCUT2D eigenvalue weighted by Gasteiger charge is -2.13. The lowest BCUT2D eigenvalue weighted by Crippen LogP contribution is -2.19. The molecule has 17 heavy (non-hydrogen) atoms. The van der Waals surface area contributed by atoms with Gasteiger partial charge < -0.3 is 5.73 Å². The highest BCUT2D eigenvalue weighted by Crippen LogP contribution is 2.23. The predicted molar refractivity (Wildman–Crippen MR) is 68.3 cm³/mol. The third kappa shape index (κ3) is 2.53. The van der Waals surface area contributed by atoms with Gasteiger partial charge in [-0.1, -0.05) is 12.1 Å². The van der Waals surface area contributed by atoms with Crippen molar-refractivity contribution in [3.05, 3.63) is 40.4 Å². The second-order valence-corrected chi connectivity index (χ2v) is 4.58. The number of aromatic nitrogens is 4. The van der Waals surface area contributed by atoms with Crippen molar-refractivity contribution in [2.24, 2.45) is 5.73 Å². The molecular weight excluding hydrogens is 282 g/mol. The minimum absolute atomic E-state index is 0.313. The maximum Gasteiger partial charge on any atom is 0.0925 e. The van der Waals surface area contributed by atoms with Gasteiger partial charge in [-0.25, -0.2) is 4.68 Å². The van der Waals surface area contributed by atoms with E-state index in [1.165, 1.54) is 0 Å². The molecule has 1 atom stereocenters.